The summed E-state index contributed by atoms with van der Waals surface area (Å²) in [4.78, 5) is 17.8. The minimum atomic E-state index is 0.638. The maximum atomic E-state index is 4.60. The van der Waals surface area contributed by atoms with Crippen LogP contribution in [0.2, 0.25) is 0 Å². The van der Waals surface area contributed by atoms with E-state index in [1.165, 1.54) is 5.56 Å². The average molecular weight is 315 g/mol. The van der Waals surface area contributed by atoms with Gasteiger partial charge in [0.25, 0.3) is 0 Å². The molecule has 0 fully saturated rings. The second kappa shape index (κ2) is 5.85. The summed E-state index contributed by atoms with van der Waals surface area (Å²) < 4.78 is 2.11. The van der Waals surface area contributed by atoms with Gasteiger partial charge in [-0.3, -0.25) is 15.0 Å². The fourth-order valence-corrected chi connectivity index (χ4v) is 2.90. The molecular formula is C19H17N5. The van der Waals surface area contributed by atoms with Crippen molar-refractivity contribution in [3.63, 3.8) is 0 Å². The summed E-state index contributed by atoms with van der Waals surface area (Å²) in [5.41, 5.74) is 5.10. The number of benzene rings is 1. The molecule has 0 aliphatic heterocycles. The van der Waals surface area contributed by atoms with Crippen molar-refractivity contribution in [2.24, 2.45) is 0 Å². The average Bonchev–Trinajstić information content (AvgIpc) is 3.04. The van der Waals surface area contributed by atoms with Crippen LogP contribution in [0.1, 0.15) is 17.0 Å². The molecule has 4 aromatic rings. The molecule has 1 aromatic carbocycles. The first kappa shape index (κ1) is 14.5. The lowest BCUT2D eigenvalue weighted by Gasteiger charge is -2.12. The van der Waals surface area contributed by atoms with Gasteiger partial charge in [0, 0.05) is 35.7 Å². The highest BCUT2D eigenvalue weighted by Gasteiger charge is 2.13. The van der Waals surface area contributed by atoms with Crippen molar-refractivity contribution >= 4 is 10.9 Å². The molecule has 0 aliphatic rings. The van der Waals surface area contributed by atoms with Crippen molar-refractivity contribution in [2.45, 2.75) is 20.4 Å². The van der Waals surface area contributed by atoms with E-state index in [-0.39, 0.29) is 0 Å². The third-order valence-corrected chi connectivity index (χ3v) is 4.10. The zero-order valence-electron chi connectivity index (χ0n) is 13.6. The molecule has 0 unspecified atom stereocenters. The second-order valence-electron chi connectivity index (χ2n) is 5.86. The Bertz CT molecular complexity index is 1000. The summed E-state index contributed by atoms with van der Waals surface area (Å²) in [6, 6.07) is 8.20. The van der Waals surface area contributed by atoms with Gasteiger partial charge in [-0.2, -0.15) is 0 Å². The van der Waals surface area contributed by atoms with Crippen molar-refractivity contribution in [2.75, 3.05) is 0 Å². The maximum absolute atomic E-state index is 4.60. The number of pyridine rings is 1. The lowest BCUT2D eigenvalue weighted by Crippen LogP contribution is -2.05. The lowest BCUT2D eigenvalue weighted by molar-refractivity contribution is 0.773. The van der Waals surface area contributed by atoms with Crippen molar-refractivity contribution in [3.05, 3.63) is 72.2 Å². The zero-order valence-corrected chi connectivity index (χ0v) is 13.6. The predicted octanol–water partition coefficient (Wildman–Crippen LogP) is 3.55. The van der Waals surface area contributed by atoms with Crippen LogP contribution in [-0.4, -0.2) is 24.5 Å². The molecule has 0 saturated carbocycles. The Morgan fingerprint density at radius 1 is 0.917 bits per heavy atom. The molecule has 4 rings (SSSR count). The Labute approximate surface area is 140 Å². The number of fused-ring (bicyclic) bond motifs is 1. The number of imidazole rings is 1. The van der Waals surface area contributed by atoms with Gasteiger partial charge in [0.05, 0.1) is 29.6 Å². The first-order valence-corrected chi connectivity index (χ1v) is 7.86. The third kappa shape index (κ3) is 2.54. The van der Waals surface area contributed by atoms with Crippen LogP contribution in [0.15, 0.2) is 55.2 Å². The first-order valence-electron chi connectivity index (χ1n) is 7.86. The molecule has 0 spiro atoms. The van der Waals surface area contributed by atoms with Crippen LogP contribution in [0, 0.1) is 13.8 Å². The number of aromatic nitrogens is 5. The van der Waals surface area contributed by atoms with E-state index in [2.05, 4.69) is 43.6 Å². The van der Waals surface area contributed by atoms with E-state index in [0.717, 1.165) is 33.7 Å². The van der Waals surface area contributed by atoms with Gasteiger partial charge in [-0.15, -0.1) is 0 Å². The lowest BCUT2D eigenvalue weighted by atomic mass is 10.0. The summed E-state index contributed by atoms with van der Waals surface area (Å²) in [6.07, 6.45) is 9.22. The minimum Gasteiger partial charge on any atom is -0.325 e. The molecule has 0 radical (unpaired) electrons. The smallest absolute Gasteiger partial charge is 0.141 e. The molecular weight excluding hydrogens is 298 g/mol. The van der Waals surface area contributed by atoms with Crippen LogP contribution in [0.4, 0.5) is 0 Å². The molecule has 0 aliphatic carbocycles. The van der Waals surface area contributed by atoms with Crippen LogP contribution in [-0.2, 0) is 6.54 Å². The molecule has 0 N–H and O–H groups in total. The van der Waals surface area contributed by atoms with Crippen LogP contribution in [0.3, 0.4) is 0 Å². The molecule has 0 bridgehead atoms. The Kier molecular flexibility index (Phi) is 3.54. The van der Waals surface area contributed by atoms with Crippen molar-refractivity contribution in [1.29, 1.82) is 0 Å². The summed E-state index contributed by atoms with van der Waals surface area (Å²) in [6.45, 7) is 4.68. The van der Waals surface area contributed by atoms with Gasteiger partial charge >= 0.3 is 0 Å². The summed E-state index contributed by atoms with van der Waals surface area (Å²) in [5, 5.41) is 1.11. The van der Waals surface area contributed by atoms with Crippen LogP contribution in [0.25, 0.3) is 22.3 Å². The van der Waals surface area contributed by atoms with E-state index in [1.54, 1.807) is 6.20 Å². The summed E-state index contributed by atoms with van der Waals surface area (Å²) in [7, 11) is 0. The number of hydrogen-bond acceptors (Lipinski definition) is 4. The van der Waals surface area contributed by atoms with Gasteiger partial charge in [0.1, 0.15) is 5.82 Å². The Hall–Kier alpha value is -3.08. The molecule has 5 nitrogen and oxygen atoms in total. The number of rotatable bonds is 3. The summed E-state index contributed by atoms with van der Waals surface area (Å²) >= 11 is 0. The van der Waals surface area contributed by atoms with Crippen LogP contribution < -0.4 is 0 Å². The maximum Gasteiger partial charge on any atom is 0.141 e. The topological polar surface area (TPSA) is 56.5 Å². The Balaban J connectivity index is 1.83. The van der Waals surface area contributed by atoms with Gasteiger partial charge in [0.15, 0.2) is 0 Å². The minimum absolute atomic E-state index is 0.638. The fourth-order valence-electron chi connectivity index (χ4n) is 2.90. The van der Waals surface area contributed by atoms with Gasteiger partial charge in [-0.25, -0.2) is 4.98 Å². The number of hydrogen-bond donors (Lipinski definition) is 0. The number of aryl methyl sites for hydroxylation is 2. The molecule has 118 valence electrons. The predicted molar refractivity (Wildman–Crippen MR) is 93.6 cm³/mol. The highest BCUT2D eigenvalue weighted by atomic mass is 15.1. The van der Waals surface area contributed by atoms with Gasteiger partial charge in [-0.05, 0) is 31.5 Å². The van der Waals surface area contributed by atoms with Crippen molar-refractivity contribution < 1.29 is 0 Å². The molecule has 5 heteroatoms. The van der Waals surface area contributed by atoms with Crippen molar-refractivity contribution in [3.8, 4) is 11.4 Å². The van der Waals surface area contributed by atoms with E-state index in [9.17, 15) is 0 Å². The van der Waals surface area contributed by atoms with Gasteiger partial charge in [-0.1, -0.05) is 12.1 Å². The normalized spacial score (nSPS) is 11.1. The highest BCUT2D eigenvalue weighted by molar-refractivity contribution is 5.94. The third-order valence-electron chi connectivity index (χ3n) is 4.10. The zero-order chi connectivity index (χ0) is 16.5. The molecule has 0 atom stereocenters. The van der Waals surface area contributed by atoms with Gasteiger partial charge in [0.2, 0.25) is 0 Å². The van der Waals surface area contributed by atoms with E-state index in [1.807, 2.05) is 43.8 Å². The Morgan fingerprint density at radius 3 is 2.67 bits per heavy atom. The highest BCUT2D eigenvalue weighted by Crippen LogP contribution is 2.30. The van der Waals surface area contributed by atoms with Crippen LogP contribution in [0.5, 0.6) is 0 Å². The first-order chi connectivity index (χ1) is 11.7. The molecule has 24 heavy (non-hydrogen) atoms. The molecule has 0 amide bonds. The standard InChI is InChI=1S/C19H17N5/c1-13-5-6-17-16(4-3-7-20-17)18(13)19-21-8-9-24(19)12-15-11-22-14(2)10-23-15/h3-11H,12H2,1-2H3. The largest absolute Gasteiger partial charge is 0.325 e. The molecule has 3 aromatic heterocycles. The van der Waals surface area contributed by atoms with E-state index in [4.69, 9.17) is 0 Å². The Morgan fingerprint density at radius 2 is 1.83 bits per heavy atom. The quantitative estimate of drug-likeness (QED) is 0.580. The van der Waals surface area contributed by atoms with Crippen LogP contribution >= 0.6 is 0 Å². The van der Waals surface area contributed by atoms with E-state index < -0.39 is 0 Å². The van der Waals surface area contributed by atoms with Gasteiger partial charge < -0.3 is 4.57 Å². The van der Waals surface area contributed by atoms with Crippen molar-refractivity contribution in [1.82, 2.24) is 24.5 Å². The SMILES string of the molecule is Cc1cnc(Cn2ccnc2-c2c(C)ccc3ncccc23)cn1. The van der Waals surface area contributed by atoms with E-state index >= 15 is 0 Å². The van der Waals surface area contributed by atoms with E-state index in [0.29, 0.717) is 6.54 Å². The number of nitrogens with zero attached hydrogens (tertiary/aromatic N) is 5. The summed E-state index contributed by atoms with van der Waals surface area (Å²) in [5.74, 6) is 0.925. The second-order valence-corrected chi connectivity index (χ2v) is 5.86. The fraction of sp³-hybridized carbons (Fsp3) is 0.158. The molecule has 3 heterocycles. The molecule has 0 saturated heterocycles. The monoisotopic (exact) mass is 315 g/mol.